The van der Waals surface area contributed by atoms with Gasteiger partial charge in [-0.3, -0.25) is 14.4 Å². The molecule has 1 aliphatic rings. The highest BCUT2D eigenvalue weighted by Crippen LogP contribution is 2.28. The molecule has 0 aliphatic carbocycles. The predicted octanol–water partition coefficient (Wildman–Crippen LogP) is 2.21. The summed E-state index contributed by atoms with van der Waals surface area (Å²) >= 11 is 0. The van der Waals surface area contributed by atoms with Crippen molar-refractivity contribution in [1.29, 1.82) is 0 Å². The summed E-state index contributed by atoms with van der Waals surface area (Å²) in [6, 6.07) is 10.8. The van der Waals surface area contributed by atoms with Gasteiger partial charge >= 0.3 is 11.9 Å². The Morgan fingerprint density at radius 2 is 1.61 bits per heavy atom. The van der Waals surface area contributed by atoms with Crippen molar-refractivity contribution in [2.24, 2.45) is 5.92 Å². The van der Waals surface area contributed by atoms with Crippen molar-refractivity contribution in [3.8, 4) is 0 Å². The first kappa shape index (κ1) is 23.5. The van der Waals surface area contributed by atoms with E-state index in [9.17, 15) is 24.0 Å². The first-order valence-electron chi connectivity index (χ1n) is 10.0. The van der Waals surface area contributed by atoms with Crippen molar-refractivity contribution in [2.45, 2.75) is 13.3 Å². The van der Waals surface area contributed by atoms with E-state index in [4.69, 9.17) is 4.74 Å². The number of amides is 3. The zero-order valence-corrected chi connectivity index (χ0v) is 18.3. The third-order valence-corrected chi connectivity index (χ3v) is 5.10. The normalized spacial score (nSPS) is 15.1. The number of carbonyl (C=O) groups is 5. The molecular weight excluding hydrogens is 430 g/mol. The maximum absolute atomic E-state index is 12.9. The molecule has 2 N–H and O–H groups in total. The van der Waals surface area contributed by atoms with Crippen molar-refractivity contribution >= 4 is 46.7 Å². The number of hydrogen-bond donors (Lipinski definition) is 2. The van der Waals surface area contributed by atoms with Gasteiger partial charge in [-0.2, -0.15) is 0 Å². The lowest BCUT2D eigenvalue weighted by Gasteiger charge is -2.18. The van der Waals surface area contributed by atoms with Gasteiger partial charge in [-0.1, -0.05) is 0 Å². The van der Waals surface area contributed by atoms with Crippen molar-refractivity contribution in [1.82, 2.24) is 0 Å². The van der Waals surface area contributed by atoms with Crippen LogP contribution < -0.4 is 15.5 Å². The molecule has 2 aromatic carbocycles. The number of hydrogen-bond acceptors (Lipinski definition) is 7. The average Bonchev–Trinajstić information content (AvgIpc) is 3.19. The number of rotatable bonds is 6. The number of methoxy groups -OCH3 is 2. The Bertz CT molecular complexity index is 1110. The van der Waals surface area contributed by atoms with Gasteiger partial charge in [0.2, 0.25) is 17.7 Å². The van der Waals surface area contributed by atoms with E-state index < -0.39 is 23.8 Å². The molecule has 0 spiro atoms. The summed E-state index contributed by atoms with van der Waals surface area (Å²) in [6.07, 6.45) is -0.0243. The molecule has 0 saturated carbocycles. The lowest BCUT2D eigenvalue weighted by atomic mass is 10.1. The van der Waals surface area contributed by atoms with E-state index in [1.54, 1.807) is 24.3 Å². The van der Waals surface area contributed by atoms with Gasteiger partial charge in [0.15, 0.2) is 0 Å². The van der Waals surface area contributed by atoms with Gasteiger partial charge in [-0.05, 0) is 42.5 Å². The van der Waals surface area contributed by atoms with Crippen molar-refractivity contribution in [3.05, 3.63) is 53.6 Å². The topological polar surface area (TPSA) is 131 Å². The monoisotopic (exact) mass is 453 g/mol. The molecule has 1 unspecified atom stereocenters. The highest BCUT2D eigenvalue weighted by Gasteiger charge is 2.35. The molecule has 1 fully saturated rings. The van der Waals surface area contributed by atoms with Crippen LogP contribution in [0, 0.1) is 5.92 Å². The molecule has 1 heterocycles. The number of carbonyl (C=O) groups excluding carboxylic acids is 5. The molecule has 1 saturated heterocycles. The van der Waals surface area contributed by atoms with Crippen LogP contribution in [0.4, 0.5) is 17.1 Å². The van der Waals surface area contributed by atoms with E-state index in [-0.39, 0.29) is 41.6 Å². The fourth-order valence-electron chi connectivity index (χ4n) is 3.48. The van der Waals surface area contributed by atoms with Crippen LogP contribution in [0.2, 0.25) is 0 Å². The molecule has 0 bridgehead atoms. The largest absolute Gasteiger partial charge is 0.465 e. The van der Waals surface area contributed by atoms with Crippen LogP contribution in [-0.4, -0.2) is 50.4 Å². The number of esters is 2. The second-order valence-corrected chi connectivity index (χ2v) is 7.37. The number of nitrogens with zero attached hydrogens (tertiary/aromatic N) is 1. The second-order valence-electron chi connectivity index (χ2n) is 7.37. The molecule has 10 heteroatoms. The zero-order chi connectivity index (χ0) is 24.1. The van der Waals surface area contributed by atoms with E-state index in [0.29, 0.717) is 11.4 Å². The minimum absolute atomic E-state index is 0.0243. The summed E-state index contributed by atoms with van der Waals surface area (Å²) in [5.74, 6) is -2.93. The SMILES string of the molecule is COC(=O)c1ccc(C(=O)OC)c(NC(=O)C2CC(=O)N(c3ccc(NC(C)=O)cc3)C2)c1. The van der Waals surface area contributed by atoms with Crippen LogP contribution in [0.5, 0.6) is 0 Å². The van der Waals surface area contributed by atoms with Crippen LogP contribution in [0.25, 0.3) is 0 Å². The van der Waals surface area contributed by atoms with Gasteiger partial charge in [0.05, 0.1) is 37.0 Å². The Labute approximate surface area is 189 Å². The number of benzene rings is 2. The molecule has 2 aromatic rings. The molecule has 3 amide bonds. The van der Waals surface area contributed by atoms with Gasteiger partial charge in [0.25, 0.3) is 0 Å². The summed E-state index contributed by atoms with van der Waals surface area (Å²) < 4.78 is 9.43. The number of anilines is 3. The third-order valence-electron chi connectivity index (χ3n) is 5.10. The Hall–Kier alpha value is -4.21. The van der Waals surface area contributed by atoms with E-state index >= 15 is 0 Å². The van der Waals surface area contributed by atoms with E-state index in [1.165, 1.54) is 44.2 Å². The summed E-state index contributed by atoms with van der Waals surface area (Å²) in [4.78, 5) is 62.1. The average molecular weight is 453 g/mol. The first-order chi connectivity index (χ1) is 15.7. The number of nitrogens with one attached hydrogen (secondary N) is 2. The van der Waals surface area contributed by atoms with Crippen LogP contribution >= 0.6 is 0 Å². The quantitative estimate of drug-likeness (QED) is 0.641. The molecule has 172 valence electrons. The first-order valence-corrected chi connectivity index (χ1v) is 10.0. The fourth-order valence-corrected chi connectivity index (χ4v) is 3.48. The lowest BCUT2D eigenvalue weighted by molar-refractivity contribution is -0.122. The maximum atomic E-state index is 12.9. The third kappa shape index (κ3) is 5.35. The van der Waals surface area contributed by atoms with Crippen LogP contribution in [0.1, 0.15) is 34.1 Å². The van der Waals surface area contributed by atoms with Gasteiger partial charge in [-0.25, -0.2) is 9.59 Å². The molecule has 10 nitrogen and oxygen atoms in total. The molecule has 1 atom stereocenters. The molecule has 33 heavy (non-hydrogen) atoms. The Morgan fingerprint density at radius 3 is 2.21 bits per heavy atom. The number of ether oxygens (including phenoxy) is 2. The van der Waals surface area contributed by atoms with Gasteiger partial charge in [-0.15, -0.1) is 0 Å². The van der Waals surface area contributed by atoms with E-state index in [2.05, 4.69) is 15.4 Å². The van der Waals surface area contributed by atoms with Crippen molar-refractivity contribution in [3.63, 3.8) is 0 Å². The lowest BCUT2D eigenvalue weighted by Crippen LogP contribution is -2.28. The Kier molecular flexibility index (Phi) is 7.07. The van der Waals surface area contributed by atoms with Crippen LogP contribution in [0.3, 0.4) is 0 Å². The van der Waals surface area contributed by atoms with Gasteiger partial charge in [0.1, 0.15) is 0 Å². The molecular formula is C23H23N3O7. The zero-order valence-electron chi connectivity index (χ0n) is 18.3. The Balaban J connectivity index is 1.77. The summed E-state index contributed by atoms with van der Waals surface area (Å²) in [7, 11) is 2.42. The van der Waals surface area contributed by atoms with Crippen LogP contribution in [0.15, 0.2) is 42.5 Å². The molecule has 3 rings (SSSR count). The molecule has 0 aromatic heterocycles. The predicted molar refractivity (Wildman–Crippen MR) is 119 cm³/mol. The molecule has 1 aliphatic heterocycles. The minimum Gasteiger partial charge on any atom is -0.465 e. The smallest absolute Gasteiger partial charge is 0.339 e. The molecule has 0 radical (unpaired) electrons. The van der Waals surface area contributed by atoms with Crippen molar-refractivity contribution < 1.29 is 33.4 Å². The summed E-state index contributed by atoms with van der Waals surface area (Å²) in [5, 5.41) is 5.28. The Morgan fingerprint density at radius 1 is 0.939 bits per heavy atom. The highest BCUT2D eigenvalue weighted by atomic mass is 16.5. The summed E-state index contributed by atoms with van der Waals surface area (Å²) in [5.41, 5.74) is 1.47. The van der Waals surface area contributed by atoms with Crippen LogP contribution in [-0.2, 0) is 23.9 Å². The fraction of sp³-hybridized carbons (Fsp3) is 0.261. The van der Waals surface area contributed by atoms with E-state index in [1.807, 2.05) is 0 Å². The second kappa shape index (κ2) is 9.94. The maximum Gasteiger partial charge on any atom is 0.339 e. The standard InChI is InChI=1S/C23H23N3O7/c1-13(27)24-16-5-7-17(8-6-16)26-12-15(11-20(26)28)21(29)25-19-10-14(22(30)32-2)4-9-18(19)23(31)33-3/h4-10,15H,11-12H2,1-3H3,(H,24,27)(H,25,29). The van der Waals surface area contributed by atoms with Gasteiger partial charge < -0.3 is 25.0 Å². The highest BCUT2D eigenvalue weighted by molar-refractivity contribution is 6.07. The minimum atomic E-state index is -0.690. The van der Waals surface area contributed by atoms with Gasteiger partial charge in [0, 0.05) is 31.3 Å². The van der Waals surface area contributed by atoms with E-state index in [0.717, 1.165) is 0 Å². The summed E-state index contributed by atoms with van der Waals surface area (Å²) in [6.45, 7) is 1.53. The van der Waals surface area contributed by atoms with Crippen molar-refractivity contribution in [2.75, 3.05) is 36.3 Å².